The van der Waals surface area contributed by atoms with Gasteiger partial charge in [0, 0.05) is 0 Å². The molecule has 0 fully saturated rings. The fraction of sp³-hybridized carbons (Fsp3) is 0.600. The Kier molecular flexibility index (Phi) is 6.06. The number of benzene rings is 1. The molecule has 1 rings (SSSR count). The molecule has 1 atom stereocenters. The summed E-state index contributed by atoms with van der Waals surface area (Å²) in [5.41, 5.74) is 2.65. The number of methoxy groups -OCH3 is 1. The molecule has 0 amide bonds. The minimum absolute atomic E-state index is 0.757. The predicted octanol–water partition coefficient (Wildman–Crippen LogP) is 3.18. The van der Waals surface area contributed by atoms with E-state index >= 15 is 0 Å². The fourth-order valence-corrected chi connectivity index (χ4v) is 2.04. The number of nitrogens with one attached hydrogen (secondary N) is 1. The maximum atomic E-state index is 5.40. The zero-order valence-corrected chi connectivity index (χ0v) is 11.5. The van der Waals surface area contributed by atoms with Gasteiger partial charge in [-0.1, -0.05) is 24.6 Å². The Labute approximate surface area is 105 Å². The van der Waals surface area contributed by atoms with E-state index in [9.17, 15) is 0 Å². The van der Waals surface area contributed by atoms with Crippen molar-refractivity contribution < 1.29 is 4.74 Å². The van der Waals surface area contributed by atoms with Crippen LogP contribution in [-0.4, -0.2) is 20.7 Å². The smallest absolute Gasteiger partial charge is 0.122 e. The van der Waals surface area contributed by atoms with E-state index in [1.165, 1.54) is 24.0 Å². The third kappa shape index (κ3) is 4.78. The van der Waals surface area contributed by atoms with Crippen molar-refractivity contribution in [2.24, 2.45) is 5.92 Å². The van der Waals surface area contributed by atoms with Crippen molar-refractivity contribution in [2.75, 3.05) is 20.7 Å². The van der Waals surface area contributed by atoms with Gasteiger partial charge >= 0.3 is 0 Å². The Hall–Kier alpha value is -1.02. The molecular weight excluding hydrogens is 210 g/mol. The second-order valence-electron chi connectivity index (χ2n) is 4.85. The van der Waals surface area contributed by atoms with Gasteiger partial charge in [0.1, 0.15) is 5.75 Å². The van der Waals surface area contributed by atoms with E-state index in [4.69, 9.17) is 4.74 Å². The second-order valence-corrected chi connectivity index (χ2v) is 4.85. The zero-order valence-electron chi connectivity index (χ0n) is 11.5. The van der Waals surface area contributed by atoms with Crippen LogP contribution >= 0.6 is 0 Å². The first-order chi connectivity index (χ1) is 8.17. The third-order valence-corrected chi connectivity index (χ3v) is 3.23. The normalized spacial score (nSPS) is 12.5. The van der Waals surface area contributed by atoms with Crippen molar-refractivity contribution in [2.45, 2.75) is 33.1 Å². The molecular formula is C15H25NO. The molecule has 0 saturated carbocycles. The molecule has 17 heavy (non-hydrogen) atoms. The molecule has 0 aliphatic carbocycles. The largest absolute Gasteiger partial charge is 0.496 e. The summed E-state index contributed by atoms with van der Waals surface area (Å²) in [6.45, 7) is 5.55. The summed E-state index contributed by atoms with van der Waals surface area (Å²) < 4.78 is 5.40. The number of aryl methyl sites for hydroxylation is 2. The van der Waals surface area contributed by atoms with Crippen LogP contribution in [0.25, 0.3) is 0 Å². The van der Waals surface area contributed by atoms with Crippen LogP contribution in [0.1, 0.15) is 30.9 Å². The van der Waals surface area contributed by atoms with E-state index in [-0.39, 0.29) is 0 Å². The molecule has 0 aliphatic rings. The summed E-state index contributed by atoms with van der Waals surface area (Å²) in [6, 6.07) is 6.42. The van der Waals surface area contributed by atoms with Crippen LogP contribution in [0, 0.1) is 12.8 Å². The lowest BCUT2D eigenvalue weighted by atomic mass is 9.97. The van der Waals surface area contributed by atoms with E-state index in [0.717, 1.165) is 24.6 Å². The van der Waals surface area contributed by atoms with Crippen molar-refractivity contribution in [3.8, 4) is 5.75 Å². The maximum absolute atomic E-state index is 5.40. The molecule has 1 unspecified atom stereocenters. The highest BCUT2D eigenvalue weighted by Gasteiger charge is 2.06. The molecule has 0 heterocycles. The Bertz CT molecular complexity index is 336. The van der Waals surface area contributed by atoms with Crippen LogP contribution in [0.15, 0.2) is 18.2 Å². The first kappa shape index (κ1) is 14.0. The number of ether oxygens (including phenoxy) is 1. The first-order valence-corrected chi connectivity index (χ1v) is 6.45. The lowest BCUT2D eigenvalue weighted by Gasteiger charge is -2.13. The van der Waals surface area contributed by atoms with Gasteiger partial charge in [0.05, 0.1) is 7.11 Å². The van der Waals surface area contributed by atoms with Crippen molar-refractivity contribution in [1.82, 2.24) is 5.32 Å². The SMILES string of the molecule is CNCCC(C)CCc1cc(C)ccc1OC. The van der Waals surface area contributed by atoms with Crippen molar-refractivity contribution in [1.29, 1.82) is 0 Å². The van der Waals surface area contributed by atoms with Crippen LogP contribution in [-0.2, 0) is 6.42 Å². The number of hydrogen-bond acceptors (Lipinski definition) is 2. The van der Waals surface area contributed by atoms with E-state index in [1.807, 2.05) is 7.05 Å². The quantitative estimate of drug-likeness (QED) is 0.783. The first-order valence-electron chi connectivity index (χ1n) is 6.45. The Morgan fingerprint density at radius 3 is 2.71 bits per heavy atom. The highest BCUT2D eigenvalue weighted by molar-refractivity contribution is 5.36. The molecule has 1 N–H and O–H groups in total. The molecule has 0 saturated heterocycles. The molecule has 0 radical (unpaired) electrons. The van der Waals surface area contributed by atoms with Gasteiger partial charge in [0.2, 0.25) is 0 Å². The minimum Gasteiger partial charge on any atom is -0.496 e. The summed E-state index contributed by atoms with van der Waals surface area (Å²) in [7, 11) is 3.76. The molecule has 2 heteroatoms. The summed E-state index contributed by atoms with van der Waals surface area (Å²) in [5.74, 6) is 1.78. The minimum atomic E-state index is 0.757. The van der Waals surface area contributed by atoms with E-state index in [1.54, 1.807) is 7.11 Å². The molecule has 96 valence electrons. The lowest BCUT2D eigenvalue weighted by Crippen LogP contribution is -2.12. The third-order valence-electron chi connectivity index (χ3n) is 3.23. The monoisotopic (exact) mass is 235 g/mol. The average molecular weight is 235 g/mol. The van der Waals surface area contributed by atoms with Gasteiger partial charge in [0.25, 0.3) is 0 Å². The molecule has 0 aromatic heterocycles. The van der Waals surface area contributed by atoms with Crippen molar-refractivity contribution >= 4 is 0 Å². The highest BCUT2D eigenvalue weighted by atomic mass is 16.5. The van der Waals surface area contributed by atoms with E-state index in [0.29, 0.717) is 0 Å². The molecule has 0 aliphatic heterocycles. The summed E-state index contributed by atoms with van der Waals surface area (Å²) in [5, 5.41) is 3.20. The van der Waals surface area contributed by atoms with Gasteiger partial charge in [-0.3, -0.25) is 0 Å². The standard InChI is InChI=1S/C15H25NO/c1-12(9-10-16-3)5-7-14-11-13(2)6-8-15(14)17-4/h6,8,11-12,16H,5,7,9-10H2,1-4H3. The average Bonchev–Trinajstić information content (AvgIpc) is 2.34. The van der Waals surface area contributed by atoms with Crippen LogP contribution < -0.4 is 10.1 Å². The van der Waals surface area contributed by atoms with Gasteiger partial charge in [-0.2, -0.15) is 0 Å². The zero-order chi connectivity index (χ0) is 12.7. The summed E-state index contributed by atoms with van der Waals surface area (Å²) in [6.07, 6.45) is 3.57. The van der Waals surface area contributed by atoms with Crippen molar-refractivity contribution in [3.05, 3.63) is 29.3 Å². The van der Waals surface area contributed by atoms with Gasteiger partial charge in [-0.05, 0) is 57.3 Å². The lowest BCUT2D eigenvalue weighted by molar-refractivity contribution is 0.405. The Balaban J connectivity index is 2.52. The Morgan fingerprint density at radius 1 is 1.29 bits per heavy atom. The maximum Gasteiger partial charge on any atom is 0.122 e. The van der Waals surface area contributed by atoms with Gasteiger partial charge in [-0.15, -0.1) is 0 Å². The van der Waals surface area contributed by atoms with Gasteiger partial charge < -0.3 is 10.1 Å². The van der Waals surface area contributed by atoms with Crippen LogP contribution in [0.5, 0.6) is 5.75 Å². The van der Waals surface area contributed by atoms with Gasteiger partial charge in [0.15, 0.2) is 0 Å². The van der Waals surface area contributed by atoms with E-state index < -0.39 is 0 Å². The van der Waals surface area contributed by atoms with Crippen LogP contribution in [0.3, 0.4) is 0 Å². The summed E-state index contributed by atoms with van der Waals surface area (Å²) >= 11 is 0. The van der Waals surface area contributed by atoms with Crippen molar-refractivity contribution in [3.63, 3.8) is 0 Å². The summed E-state index contributed by atoms with van der Waals surface area (Å²) in [4.78, 5) is 0. The van der Waals surface area contributed by atoms with Crippen LogP contribution in [0.2, 0.25) is 0 Å². The van der Waals surface area contributed by atoms with Crippen LogP contribution in [0.4, 0.5) is 0 Å². The fourth-order valence-electron chi connectivity index (χ4n) is 2.04. The Morgan fingerprint density at radius 2 is 2.06 bits per heavy atom. The number of rotatable bonds is 7. The number of hydrogen-bond donors (Lipinski definition) is 1. The highest BCUT2D eigenvalue weighted by Crippen LogP contribution is 2.23. The second kappa shape index (κ2) is 7.33. The molecule has 2 nitrogen and oxygen atoms in total. The van der Waals surface area contributed by atoms with E-state index in [2.05, 4.69) is 37.4 Å². The predicted molar refractivity (Wildman–Crippen MR) is 73.8 cm³/mol. The molecule has 0 spiro atoms. The van der Waals surface area contributed by atoms with Gasteiger partial charge in [-0.25, -0.2) is 0 Å². The molecule has 1 aromatic carbocycles. The molecule has 1 aromatic rings. The topological polar surface area (TPSA) is 21.3 Å². The molecule has 0 bridgehead atoms.